The zero-order valence-corrected chi connectivity index (χ0v) is 17.2. The molecule has 0 amide bonds. The van der Waals surface area contributed by atoms with Gasteiger partial charge < -0.3 is 14.9 Å². The first-order valence-corrected chi connectivity index (χ1v) is 10.2. The summed E-state index contributed by atoms with van der Waals surface area (Å²) in [6.45, 7) is 9.36. The first kappa shape index (κ1) is 20.5. The second kappa shape index (κ2) is 6.70. The van der Waals surface area contributed by atoms with Crippen LogP contribution in [-0.2, 0) is 14.3 Å². The van der Waals surface area contributed by atoms with E-state index >= 15 is 0 Å². The molecule has 2 saturated carbocycles. The van der Waals surface area contributed by atoms with Gasteiger partial charge in [0.1, 0.15) is 12.7 Å². The molecule has 3 aliphatic carbocycles. The van der Waals surface area contributed by atoms with E-state index in [2.05, 4.69) is 26.8 Å². The second-order valence-corrected chi connectivity index (χ2v) is 10.0. The van der Waals surface area contributed by atoms with Crippen molar-refractivity contribution in [1.29, 1.82) is 0 Å². The molecule has 0 saturated heterocycles. The summed E-state index contributed by atoms with van der Waals surface area (Å²) in [5.41, 5.74) is 0.289. The highest BCUT2D eigenvalue weighted by atomic mass is 16.6. The Morgan fingerprint density at radius 2 is 1.89 bits per heavy atom. The SMILES string of the molecule is CC(=O)O[C@H]1C[C@@]2(C)[C@@H]3CC[C@](C)(C(=O)CO)C=C3CC[C@@H]2C(C)(C)[C@H]1O. The summed E-state index contributed by atoms with van der Waals surface area (Å²) < 4.78 is 5.53. The second-order valence-electron chi connectivity index (χ2n) is 10.0. The molecule has 0 aromatic carbocycles. The Labute approximate surface area is 162 Å². The Bertz CT molecular complexity index is 666. The predicted octanol–water partition coefficient (Wildman–Crippen LogP) is 3.03. The summed E-state index contributed by atoms with van der Waals surface area (Å²) in [6, 6.07) is 0. The van der Waals surface area contributed by atoms with E-state index in [9.17, 15) is 19.8 Å². The van der Waals surface area contributed by atoms with E-state index in [1.807, 2.05) is 6.92 Å². The van der Waals surface area contributed by atoms with Crippen molar-refractivity contribution >= 4 is 11.8 Å². The van der Waals surface area contributed by atoms with Crippen LogP contribution in [0.15, 0.2) is 11.6 Å². The normalized spacial score (nSPS) is 43.1. The van der Waals surface area contributed by atoms with Crippen molar-refractivity contribution < 1.29 is 24.5 Å². The molecular weight excluding hydrogens is 344 g/mol. The third kappa shape index (κ3) is 3.17. The van der Waals surface area contributed by atoms with Gasteiger partial charge in [0, 0.05) is 12.3 Å². The van der Waals surface area contributed by atoms with Gasteiger partial charge in [-0.15, -0.1) is 0 Å². The molecular formula is C22H34O5. The number of allylic oxidation sites excluding steroid dienone is 2. The number of rotatable bonds is 3. The van der Waals surface area contributed by atoms with Crippen molar-refractivity contribution in [2.24, 2.45) is 28.1 Å². The lowest BCUT2D eigenvalue weighted by Crippen LogP contribution is -2.61. The van der Waals surface area contributed by atoms with Crippen LogP contribution in [0.4, 0.5) is 0 Å². The largest absolute Gasteiger partial charge is 0.460 e. The number of aliphatic hydroxyl groups is 2. The molecule has 0 unspecified atom stereocenters. The minimum Gasteiger partial charge on any atom is -0.460 e. The maximum atomic E-state index is 12.3. The molecule has 5 nitrogen and oxygen atoms in total. The van der Waals surface area contributed by atoms with E-state index in [1.54, 1.807) is 0 Å². The summed E-state index contributed by atoms with van der Waals surface area (Å²) >= 11 is 0. The molecule has 0 bridgehead atoms. The van der Waals surface area contributed by atoms with E-state index in [1.165, 1.54) is 12.5 Å². The van der Waals surface area contributed by atoms with Gasteiger partial charge in [0.15, 0.2) is 5.78 Å². The molecule has 0 heterocycles. The van der Waals surface area contributed by atoms with Gasteiger partial charge >= 0.3 is 5.97 Å². The van der Waals surface area contributed by atoms with Crippen molar-refractivity contribution in [2.45, 2.75) is 78.9 Å². The van der Waals surface area contributed by atoms with E-state index < -0.39 is 24.2 Å². The Balaban J connectivity index is 1.98. The number of hydrogen-bond acceptors (Lipinski definition) is 5. The van der Waals surface area contributed by atoms with Crippen LogP contribution in [0.2, 0.25) is 0 Å². The van der Waals surface area contributed by atoms with Crippen LogP contribution < -0.4 is 0 Å². The zero-order chi connectivity index (χ0) is 20.2. The Hall–Kier alpha value is -1.20. The Morgan fingerprint density at radius 3 is 2.48 bits per heavy atom. The molecule has 27 heavy (non-hydrogen) atoms. The molecule has 5 heteroatoms. The van der Waals surface area contributed by atoms with Gasteiger partial charge in [-0.2, -0.15) is 0 Å². The maximum Gasteiger partial charge on any atom is 0.302 e. The van der Waals surface area contributed by atoms with Crippen LogP contribution in [0.1, 0.15) is 66.7 Å². The number of Topliss-reactive ketones (excluding diaryl/α,β-unsaturated/α-hetero) is 1. The van der Waals surface area contributed by atoms with Crippen molar-refractivity contribution in [3.8, 4) is 0 Å². The molecule has 152 valence electrons. The van der Waals surface area contributed by atoms with Gasteiger partial charge in [-0.05, 0) is 61.7 Å². The minimum absolute atomic E-state index is 0.0868. The molecule has 6 atom stereocenters. The summed E-state index contributed by atoms with van der Waals surface area (Å²) in [5, 5.41) is 20.3. The fraction of sp³-hybridized carbons (Fsp3) is 0.818. The van der Waals surface area contributed by atoms with Crippen LogP contribution in [-0.4, -0.2) is 40.8 Å². The highest BCUT2D eigenvalue weighted by molar-refractivity contribution is 5.87. The van der Waals surface area contributed by atoms with Gasteiger partial charge in [0.2, 0.25) is 0 Å². The molecule has 3 rings (SSSR count). The topological polar surface area (TPSA) is 83.8 Å². The molecule has 0 aromatic heterocycles. The van der Waals surface area contributed by atoms with Gasteiger partial charge in [-0.25, -0.2) is 0 Å². The minimum atomic E-state index is -0.671. The third-order valence-corrected chi connectivity index (χ3v) is 7.97. The standard InChI is InChI=1S/C22H34O5/c1-13(24)27-16-11-22(5)15-8-9-21(4,18(25)12-23)10-14(15)6-7-17(22)20(2,3)19(16)26/h10,15-17,19,23,26H,6-9,11-12H2,1-5H3/t15-,16+,17-,19+,21+,22+/m1/s1. The van der Waals surface area contributed by atoms with Gasteiger partial charge in [-0.3, -0.25) is 9.59 Å². The first-order chi connectivity index (χ1) is 12.5. The van der Waals surface area contributed by atoms with Crippen LogP contribution in [0, 0.1) is 28.1 Å². The van der Waals surface area contributed by atoms with Crippen molar-refractivity contribution in [3.05, 3.63) is 11.6 Å². The van der Waals surface area contributed by atoms with E-state index in [0.717, 1.165) is 25.7 Å². The van der Waals surface area contributed by atoms with Gasteiger partial charge in [-0.1, -0.05) is 32.4 Å². The van der Waals surface area contributed by atoms with Crippen molar-refractivity contribution in [3.63, 3.8) is 0 Å². The van der Waals surface area contributed by atoms with E-state index in [-0.39, 0.29) is 22.6 Å². The lowest BCUT2D eigenvalue weighted by Gasteiger charge is -2.62. The zero-order valence-electron chi connectivity index (χ0n) is 17.2. The Kier molecular flexibility index (Phi) is 5.09. The highest BCUT2D eigenvalue weighted by Crippen LogP contribution is 2.64. The summed E-state index contributed by atoms with van der Waals surface area (Å²) in [6.07, 6.45) is 5.09. The lowest BCUT2D eigenvalue weighted by molar-refractivity contribution is -0.201. The van der Waals surface area contributed by atoms with Gasteiger partial charge in [0.25, 0.3) is 0 Å². The molecule has 2 fully saturated rings. The van der Waals surface area contributed by atoms with Crippen LogP contribution in [0.3, 0.4) is 0 Å². The maximum absolute atomic E-state index is 12.3. The number of hydrogen-bond donors (Lipinski definition) is 2. The number of ether oxygens (including phenoxy) is 1. The summed E-state index contributed by atoms with van der Waals surface area (Å²) in [4.78, 5) is 23.9. The van der Waals surface area contributed by atoms with Gasteiger partial charge in [0.05, 0.1) is 6.10 Å². The molecule has 0 aromatic rings. The molecule has 0 radical (unpaired) electrons. The average Bonchev–Trinajstić information content (AvgIpc) is 2.58. The molecule has 0 spiro atoms. The van der Waals surface area contributed by atoms with Crippen LogP contribution in [0.25, 0.3) is 0 Å². The predicted molar refractivity (Wildman–Crippen MR) is 102 cm³/mol. The molecule has 3 aliphatic rings. The van der Waals surface area contributed by atoms with E-state index in [4.69, 9.17) is 4.74 Å². The summed E-state index contributed by atoms with van der Waals surface area (Å²) in [5.74, 6) is 0.179. The number of ketones is 1. The number of carbonyl (C=O) groups excluding carboxylic acids is 2. The number of esters is 1. The Morgan fingerprint density at radius 1 is 1.22 bits per heavy atom. The first-order valence-electron chi connectivity index (χ1n) is 10.2. The quantitative estimate of drug-likeness (QED) is 0.582. The fourth-order valence-electron chi connectivity index (χ4n) is 6.55. The summed E-state index contributed by atoms with van der Waals surface area (Å²) in [7, 11) is 0. The van der Waals surface area contributed by atoms with Crippen LogP contribution in [0.5, 0.6) is 0 Å². The highest BCUT2D eigenvalue weighted by Gasteiger charge is 2.60. The van der Waals surface area contributed by atoms with E-state index in [0.29, 0.717) is 18.3 Å². The number of aliphatic hydroxyl groups excluding tert-OH is 2. The van der Waals surface area contributed by atoms with Crippen molar-refractivity contribution in [2.75, 3.05) is 6.61 Å². The third-order valence-electron chi connectivity index (χ3n) is 7.97. The van der Waals surface area contributed by atoms with Crippen LogP contribution >= 0.6 is 0 Å². The smallest absolute Gasteiger partial charge is 0.302 e. The number of carbonyl (C=O) groups is 2. The average molecular weight is 379 g/mol. The molecule has 0 aliphatic heterocycles. The fourth-order valence-corrected chi connectivity index (χ4v) is 6.55. The number of fused-ring (bicyclic) bond motifs is 3. The lowest BCUT2D eigenvalue weighted by atomic mass is 9.44. The van der Waals surface area contributed by atoms with Crippen molar-refractivity contribution in [1.82, 2.24) is 0 Å². The molecule has 2 N–H and O–H groups in total. The monoisotopic (exact) mass is 378 g/mol.